The Morgan fingerprint density at radius 3 is 2.82 bits per heavy atom. The van der Waals surface area contributed by atoms with E-state index < -0.39 is 5.82 Å². The highest BCUT2D eigenvalue weighted by atomic mass is 19.1. The van der Waals surface area contributed by atoms with Gasteiger partial charge in [-0.1, -0.05) is 0 Å². The zero-order valence-electron chi connectivity index (χ0n) is 9.35. The molecule has 0 saturated heterocycles. The minimum Gasteiger partial charge on any atom is -0.494 e. The fourth-order valence-corrected chi connectivity index (χ4v) is 1.48. The summed E-state index contributed by atoms with van der Waals surface area (Å²) in [5.74, 6) is 0.318. The molecular formula is C12H12FN3O. The number of aromatic nitrogens is 2. The van der Waals surface area contributed by atoms with Gasteiger partial charge in [0.05, 0.1) is 19.3 Å². The molecule has 0 unspecified atom stereocenters. The number of halogens is 1. The molecule has 0 amide bonds. The molecule has 2 aromatic rings. The van der Waals surface area contributed by atoms with Crippen LogP contribution in [0.25, 0.3) is 11.3 Å². The van der Waals surface area contributed by atoms with E-state index in [0.29, 0.717) is 17.1 Å². The number of hydrogen-bond donors (Lipinski definition) is 1. The monoisotopic (exact) mass is 233 g/mol. The second-order valence-corrected chi connectivity index (χ2v) is 3.41. The third-order valence-electron chi connectivity index (χ3n) is 2.34. The van der Waals surface area contributed by atoms with Crippen LogP contribution >= 0.6 is 0 Å². The molecule has 0 aliphatic rings. The van der Waals surface area contributed by atoms with Crippen molar-refractivity contribution in [2.75, 3.05) is 7.11 Å². The molecule has 0 saturated carbocycles. The van der Waals surface area contributed by atoms with E-state index in [1.54, 1.807) is 24.4 Å². The largest absolute Gasteiger partial charge is 0.494 e. The predicted octanol–water partition coefficient (Wildman–Crippen LogP) is 1.75. The highest BCUT2D eigenvalue weighted by Gasteiger charge is 2.06. The highest BCUT2D eigenvalue weighted by molar-refractivity contribution is 5.60. The van der Waals surface area contributed by atoms with Crippen LogP contribution in [-0.2, 0) is 6.54 Å². The van der Waals surface area contributed by atoms with Crippen LogP contribution < -0.4 is 10.5 Å². The number of ether oxygens (including phenoxy) is 1. The zero-order valence-corrected chi connectivity index (χ0v) is 9.35. The van der Waals surface area contributed by atoms with Crippen molar-refractivity contribution >= 4 is 0 Å². The standard InChI is InChI=1S/C12H12FN3O/c1-17-11-3-2-8(6-9(11)13)10-4-5-15-12(7-14)16-10/h2-6H,7,14H2,1H3. The van der Waals surface area contributed by atoms with E-state index in [1.165, 1.54) is 13.2 Å². The third-order valence-corrected chi connectivity index (χ3v) is 2.34. The fraction of sp³-hybridized carbons (Fsp3) is 0.167. The van der Waals surface area contributed by atoms with Gasteiger partial charge in [0, 0.05) is 11.8 Å². The summed E-state index contributed by atoms with van der Waals surface area (Å²) in [6, 6.07) is 6.39. The van der Waals surface area contributed by atoms with Gasteiger partial charge < -0.3 is 10.5 Å². The molecule has 1 aromatic heterocycles. The predicted molar refractivity (Wildman–Crippen MR) is 61.9 cm³/mol. The topological polar surface area (TPSA) is 61.0 Å². The fourth-order valence-electron chi connectivity index (χ4n) is 1.48. The van der Waals surface area contributed by atoms with Crippen LogP contribution in [0.2, 0.25) is 0 Å². The number of rotatable bonds is 3. The maximum Gasteiger partial charge on any atom is 0.165 e. The molecule has 2 rings (SSSR count). The molecule has 1 heterocycles. The lowest BCUT2D eigenvalue weighted by Gasteiger charge is -2.05. The molecular weight excluding hydrogens is 221 g/mol. The maximum absolute atomic E-state index is 13.5. The van der Waals surface area contributed by atoms with E-state index in [2.05, 4.69) is 9.97 Å². The molecule has 0 atom stereocenters. The minimum absolute atomic E-state index is 0.210. The Balaban J connectivity index is 2.42. The molecule has 0 aliphatic heterocycles. The second kappa shape index (κ2) is 4.88. The SMILES string of the molecule is COc1ccc(-c2ccnc(CN)n2)cc1F. The molecule has 2 N–H and O–H groups in total. The lowest BCUT2D eigenvalue weighted by molar-refractivity contribution is 0.386. The van der Waals surface area contributed by atoms with Gasteiger partial charge in [0.2, 0.25) is 0 Å². The summed E-state index contributed by atoms with van der Waals surface area (Å²) in [4.78, 5) is 8.20. The number of nitrogens with zero attached hydrogens (tertiary/aromatic N) is 2. The van der Waals surface area contributed by atoms with E-state index in [4.69, 9.17) is 10.5 Å². The molecule has 0 aliphatic carbocycles. The van der Waals surface area contributed by atoms with Gasteiger partial charge in [-0.3, -0.25) is 0 Å². The van der Waals surface area contributed by atoms with E-state index in [9.17, 15) is 4.39 Å². The first-order valence-corrected chi connectivity index (χ1v) is 5.10. The van der Waals surface area contributed by atoms with Crippen LogP contribution in [0.4, 0.5) is 4.39 Å². The number of methoxy groups -OCH3 is 1. The number of hydrogen-bond acceptors (Lipinski definition) is 4. The van der Waals surface area contributed by atoms with Gasteiger partial charge in [-0.25, -0.2) is 14.4 Å². The van der Waals surface area contributed by atoms with Crippen molar-refractivity contribution in [1.29, 1.82) is 0 Å². The Hall–Kier alpha value is -2.01. The van der Waals surface area contributed by atoms with E-state index >= 15 is 0 Å². The van der Waals surface area contributed by atoms with Gasteiger partial charge in [0.1, 0.15) is 5.82 Å². The van der Waals surface area contributed by atoms with Gasteiger partial charge in [0.25, 0.3) is 0 Å². The van der Waals surface area contributed by atoms with Gasteiger partial charge in [0.15, 0.2) is 11.6 Å². The second-order valence-electron chi connectivity index (χ2n) is 3.41. The molecule has 0 spiro atoms. The summed E-state index contributed by atoms with van der Waals surface area (Å²) in [6.45, 7) is 0.256. The Morgan fingerprint density at radius 1 is 1.35 bits per heavy atom. The van der Waals surface area contributed by atoms with Crippen molar-refractivity contribution in [3.63, 3.8) is 0 Å². The lowest BCUT2D eigenvalue weighted by Crippen LogP contribution is -2.03. The number of nitrogens with two attached hydrogens (primary N) is 1. The smallest absolute Gasteiger partial charge is 0.165 e. The molecule has 0 radical (unpaired) electrons. The van der Waals surface area contributed by atoms with Gasteiger partial charge >= 0.3 is 0 Å². The normalized spacial score (nSPS) is 10.3. The summed E-state index contributed by atoms with van der Waals surface area (Å²) in [5.41, 5.74) is 6.76. The average Bonchev–Trinajstić information content (AvgIpc) is 2.38. The Kier molecular flexibility index (Phi) is 3.30. The molecule has 4 nitrogen and oxygen atoms in total. The van der Waals surface area contributed by atoms with Gasteiger partial charge in [-0.05, 0) is 24.3 Å². The summed E-state index contributed by atoms with van der Waals surface area (Å²) in [5, 5.41) is 0. The Bertz CT molecular complexity index is 531. The molecule has 5 heteroatoms. The van der Waals surface area contributed by atoms with Crippen molar-refractivity contribution < 1.29 is 9.13 Å². The Morgan fingerprint density at radius 2 is 2.18 bits per heavy atom. The first-order chi connectivity index (χ1) is 8.24. The van der Waals surface area contributed by atoms with Crippen LogP contribution in [0.1, 0.15) is 5.82 Å². The van der Waals surface area contributed by atoms with E-state index in [-0.39, 0.29) is 12.3 Å². The van der Waals surface area contributed by atoms with Gasteiger partial charge in [-0.15, -0.1) is 0 Å². The van der Waals surface area contributed by atoms with Crippen molar-refractivity contribution in [2.24, 2.45) is 5.73 Å². The van der Waals surface area contributed by atoms with Crippen molar-refractivity contribution in [3.8, 4) is 17.0 Å². The van der Waals surface area contributed by atoms with Crippen molar-refractivity contribution in [2.45, 2.75) is 6.54 Å². The third kappa shape index (κ3) is 2.39. The average molecular weight is 233 g/mol. The first-order valence-electron chi connectivity index (χ1n) is 5.10. The zero-order chi connectivity index (χ0) is 12.3. The molecule has 1 aromatic carbocycles. The maximum atomic E-state index is 13.5. The van der Waals surface area contributed by atoms with Crippen LogP contribution in [0.5, 0.6) is 5.75 Å². The number of benzene rings is 1. The quantitative estimate of drug-likeness (QED) is 0.877. The van der Waals surface area contributed by atoms with Crippen LogP contribution in [0.15, 0.2) is 30.5 Å². The highest BCUT2D eigenvalue weighted by Crippen LogP contribution is 2.23. The summed E-state index contributed by atoms with van der Waals surface area (Å²) in [6.07, 6.45) is 1.60. The van der Waals surface area contributed by atoms with Gasteiger partial charge in [-0.2, -0.15) is 0 Å². The molecule has 17 heavy (non-hydrogen) atoms. The Labute approximate surface area is 98.3 Å². The minimum atomic E-state index is -0.419. The summed E-state index contributed by atoms with van der Waals surface area (Å²) >= 11 is 0. The van der Waals surface area contributed by atoms with Crippen LogP contribution in [-0.4, -0.2) is 17.1 Å². The van der Waals surface area contributed by atoms with E-state index in [1.807, 2.05) is 0 Å². The van der Waals surface area contributed by atoms with Crippen molar-refractivity contribution in [1.82, 2.24) is 9.97 Å². The van der Waals surface area contributed by atoms with Crippen LogP contribution in [0.3, 0.4) is 0 Å². The summed E-state index contributed by atoms with van der Waals surface area (Å²) in [7, 11) is 1.43. The summed E-state index contributed by atoms with van der Waals surface area (Å²) < 4.78 is 18.4. The van der Waals surface area contributed by atoms with E-state index in [0.717, 1.165) is 0 Å². The van der Waals surface area contributed by atoms with Crippen molar-refractivity contribution in [3.05, 3.63) is 42.1 Å². The molecule has 88 valence electrons. The first kappa shape index (κ1) is 11.5. The lowest BCUT2D eigenvalue weighted by atomic mass is 10.1. The molecule has 0 bridgehead atoms. The molecule has 0 fully saturated rings. The van der Waals surface area contributed by atoms with Crippen LogP contribution in [0, 0.1) is 5.82 Å².